The highest BCUT2D eigenvalue weighted by Gasteiger charge is 2.06. The lowest BCUT2D eigenvalue weighted by Gasteiger charge is -2.06. The Morgan fingerprint density at radius 2 is 1.65 bits per heavy atom. The third-order valence-corrected chi connectivity index (χ3v) is 3.90. The third kappa shape index (κ3) is 5.07. The van der Waals surface area contributed by atoms with Crippen LogP contribution in [-0.4, -0.2) is 22.0 Å². The zero-order valence-electron chi connectivity index (χ0n) is 13.0. The summed E-state index contributed by atoms with van der Waals surface area (Å²) in [5.74, 6) is -0.348. The van der Waals surface area contributed by atoms with Gasteiger partial charge in [0, 0.05) is 6.42 Å². The second kappa shape index (κ2) is 8.90. The molecule has 0 atom stereocenters. The molecule has 0 saturated carbocycles. The second-order valence-electron chi connectivity index (χ2n) is 5.56. The lowest BCUT2D eigenvalue weighted by Crippen LogP contribution is -2.17. The molecular formula is C18H22N2O3. The molecule has 122 valence electrons. The van der Waals surface area contributed by atoms with Crippen molar-refractivity contribution in [2.45, 2.75) is 38.5 Å². The van der Waals surface area contributed by atoms with Gasteiger partial charge in [-0.05, 0) is 41.7 Å². The number of hydrogen-bond acceptors (Lipinski definition) is 4. The number of nitrogens with one attached hydrogen (secondary N) is 1. The molecule has 0 aromatic heterocycles. The zero-order valence-corrected chi connectivity index (χ0v) is 13.0. The minimum absolute atomic E-state index is 0.335. The highest BCUT2D eigenvalue weighted by atomic mass is 16.5. The maximum absolute atomic E-state index is 10.9. The van der Waals surface area contributed by atoms with E-state index in [0.717, 1.165) is 42.0 Å². The Bertz CT molecular complexity index is 683. The van der Waals surface area contributed by atoms with Crippen LogP contribution in [0.5, 0.6) is 0 Å². The van der Waals surface area contributed by atoms with E-state index in [1.807, 2.05) is 36.4 Å². The number of hydroxylamine groups is 1. The van der Waals surface area contributed by atoms with Gasteiger partial charge in [-0.1, -0.05) is 54.4 Å². The average Bonchev–Trinajstić information content (AvgIpc) is 2.60. The second-order valence-corrected chi connectivity index (χ2v) is 5.56. The van der Waals surface area contributed by atoms with E-state index in [0.29, 0.717) is 18.6 Å². The minimum Gasteiger partial charge on any atom is -0.411 e. The van der Waals surface area contributed by atoms with Gasteiger partial charge in [0.25, 0.3) is 0 Å². The third-order valence-electron chi connectivity index (χ3n) is 3.90. The largest absolute Gasteiger partial charge is 0.411 e. The van der Waals surface area contributed by atoms with Crippen molar-refractivity contribution in [1.82, 2.24) is 5.48 Å². The fourth-order valence-corrected chi connectivity index (χ4v) is 2.61. The smallest absolute Gasteiger partial charge is 0.243 e. The SMILES string of the molecule is O=C(CCCCCC/C(=N\O)c1ccc2ccccc2c1)NO. The Labute approximate surface area is 135 Å². The Balaban J connectivity index is 1.84. The van der Waals surface area contributed by atoms with Crippen molar-refractivity contribution < 1.29 is 15.2 Å². The summed E-state index contributed by atoms with van der Waals surface area (Å²) >= 11 is 0. The van der Waals surface area contributed by atoms with Crippen LogP contribution >= 0.6 is 0 Å². The summed E-state index contributed by atoms with van der Waals surface area (Å²) in [5, 5.41) is 23.4. The lowest BCUT2D eigenvalue weighted by atomic mass is 10.00. The molecule has 0 fully saturated rings. The van der Waals surface area contributed by atoms with Gasteiger partial charge in [0.2, 0.25) is 5.91 Å². The maximum atomic E-state index is 10.9. The molecule has 2 rings (SSSR count). The first kappa shape index (κ1) is 17.0. The van der Waals surface area contributed by atoms with Gasteiger partial charge in [0.05, 0.1) is 5.71 Å². The quantitative estimate of drug-likeness (QED) is 0.227. The van der Waals surface area contributed by atoms with Crippen LogP contribution in [0.3, 0.4) is 0 Å². The summed E-state index contributed by atoms with van der Waals surface area (Å²) in [7, 11) is 0. The van der Waals surface area contributed by atoms with E-state index in [1.54, 1.807) is 5.48 Å². The van der Waals surface area contributed by atoms with E-state index >= 15 is 0 Å². The molecular weight excluding hydrogens is 292 g/mol. The van der Waals surface area contributed by atoms with E-state index in [2.05, 4.69) is 11.2 Å². The number of carbonyl (C=O) groups is 1. The number of carbonyl (C=O) groups excluding carboxylic acids is 1. The van der Waals surface area contributed by atoms with Gasteiger partial charge in [-0.2, -0.15) is 0 Å². The van der Waals surface area contributed by atoms with Crippen LogP contribution < -0.4 is 5.48 Å². The zero-order chi connectivity index (χ0) is 16.5. The number of nitrogens with zero attached hydrogens (tertiary/aromatic N) is 1. The predicted octanol–water partition coefficient (Wildman–Crippen LogP) is 3.86. The van der Waals surface area contributed by atoms with Gasteiger partial charge in [-0.3, -0.25) is 10.0 Å². The molecule has 5 nitrogen and oxygen atoms in total. The normalized spacial score (nSPS) is 11.6. The molecule has 23 heavy (non-hydrogen) atoms. The number of oxime groups is 1. The minimum atomic E-state index is -0.348. The van der Waals surface area contributed by atoms with E-state index in [-0.39, 0.29) is 5.91 Å². The monoisotopic (exact) mass is 314 g/mol. The van der Waals surface area contributed by atoms with E-state index in [4.69, 9.17) is 5.21 Å². The molecule has 3 N–H and O–H groups in total. The number of unbranched alkanes of at least 4 members (excludes halogenated alkanes) is 3. The highest BCUT2D eigenvalue weighted by Crippen LogP contribution is 2.18. The van der Waals surface area contributed by atoms with Gasteiger partial charge in [0.1, 0.15) is 0 Å². The summed E-state index contributed by atoms with van der Waals surface area (Å²) < 4.78 is 0. The molecule has 0 unspecified atom stereocenters. The molecule has 0 bridgehead atoms. The Morgan fingerprint density at radius 3 is 2.35 bits per heavy atom. The van der Waals surface area contributed by atoms with Crippen LogP contribution in [0.2, 0.25) is 0 Å². The summed E-state index contributed by atoms with van der Waals surface area (Å²) in [6, 6.07) is 14.1. The molecule has 0 heterocycles. The van der Waals surface area contributed by atoms with Crippen molar-refractivity contribution in [3.05, 3.63) is 48.0 Å². The van der Waals surface area contributed by atoms with Crippen LogP contribution in [-0.2, 0) is 4.79 Å². The molecule has 0 radical (unpaired) electrons. The number of fused-ring (bicyclic) bond motifs is 1. The molecule has 0 aliphatic rings. The molecule has 5 heteroatoms. The molecule has 2 aromatic carbocycles. The Morgan fingerprint density at radius 1 is 0.957 bits per heavy atom. The lowest BCUT2D eigenvalue weighted by molar-refractivity contribution is -0.129. The number of rotatable bonds is 8. The summed E-state index contributed by atoms with van der Waals surface area (Å²) in [4.78, 5) is 10.9. The van der Waals surface area contributed by atoms with Gasteiger partial charge in [0.15, 0.2) is 0 Å². The Hall–Kier alpha value is -2.40. The van der Waals surface area contributed by atoms with Gasteiger partial charge < -0.3 is 5.21 Å². The topological polar surface area (TPSA) is 81.9 Å². The van der Waals surface area contributed by atoms with E-state index < -0.39 is 0 Å². The van der Waals surface area contributed by atoms with E-state index in [1.165, 1.54) is 0 Å². The first-order chi connectivity index (χ1) is 11.2. The van der Waals surface area contributed by atoms with Crippen molar-refractivity contribution in [2.75, 3.05) is 0 Å². The fourth-order valence-electron chi connectivity index (χ4n) is 2.61. The predicted molar refractivity (Wildman–Crippen MR) is 89.9 cm³/mol. The van der Waals surface area contributed by atoms with Crippen LogP contribution in [0.4, 0.5) is 0 Å². The van der Waals surface area contributed by atoms with Crippen LogP contribution in [0.25, 0.3) is 10.8 Å². The van der Waals surface area contributed by atoms with Crippen molar-refractivity contribution in [1.29, 1.82) is 0 Å². The van der Waals surface area contributed by atoms with Crippen LogP contribution in [0.1, 0.15) is 44.1 Å². The Kier molecular flexibility index (Phi) is 6.56. The van der Waals surface area contributed by atoms with Crippen LogP contribution in [0.15, 0.2) is 47.6 Å². The fraction of sp³-hybridized carbons (Fsp3) is 0.333. The van der Waals surface area contributed by atoms with Gasteiger partial charge in [-0.25, -0.2) is 5.48 Å². The number of hydrogen-bond donors (Lipinski definition) is 3. The average molecular weight is 314 g/mol. The molecule has 0 spiro atoms. The van der Waals surface area contributed by atoms with Crippen molar-refractivity contribution in [2.24, 2.45) is 5.16 Å². The molecule has 0 aliphatic carbocycles. The maximum Gasteiger partial charge on any atom is 0.243 e. The van der Waals surface area contributed by atoms with Crippen molar-refractivity contribution in [3.63, 3.8) is 0 Å². The summed E-state index contributed by atoms with van der Waals surface area (Å²) in [6.07, 6.45) is 4.53. The summed E-state index contributed by atoms with van der Waals surface area (Å²) in [6.45, 7) is 0. The molecule has 2 aromatic rings. The molecule has 0 saturated heterocycles. The number of amides is 1. The van der Waals surface area contributed by atoms with Gasteiger partial charge >= 0.3 is 0 Å². The first-order valence-corrected chi connectivity index (χ1v) is 7.87. The standard InChI is InChI=1S/C18H22N2O3/c21-18(20-23)10-4-2-1-3-9-17(19-22)16-12-11-14-7-5-6-8-15(14)13-16/h5-8,11-13,22-23H,1-4,9-10H2,(H,20,21)/b19-17+. The van der Waals surface area contributed by atoms with Gasteiger partial charge in [-0.15, -0.1) is 0 Å². The first-order valence-electron chi connectivity index (χ1n) is 7.87. The van der Waals surface area contributed by atoms with Crippen LogP contribution in [0, 0.1) is 0 Å². The molecule has 0 aliphatic heterocycles. The summed E-state index contributed by atoms with van der Waals surface area (Å²) in [5.41, 5.74) is 3.25. The van der Waals surface area contributed by atoms with Crippen molar-refractivity contribution >= 4 is 22.4 Å². The molecule has 1 amide bonds. The number of benzene rings is 2. The highest BCUT2D eigenvalue weighted by molar-refractivity contribution is 6.03. The van der Waals surface area contributed by atoms with E-state index in [9.17, 15) is 10.0 Å². The van der Waals surface area contributed by atoms with Crippen molar-refractivity contribution in [3.8, 4) is 0 Å².